The number of aromatic nitrogens is 1. The predicted molar refractivity (Wildman–Crippen MR) is 123 cm³/mol. The number of ketones is 1. The molecular weight excluding hydrogens is 443 g/mol. The fourth-order valence-corrected chi connectivity index (χ4v) is 4.70. The molecule has 8 heteroatoms. The number of hydrogen-bond acceptors (Lipinski definition) is 6. The van der Waals surface area contributed by atoms with Crippen LogP contribution in [-0.4, -0.2) is 22.6 Å². The van der Waals surface area contributed by atoms with Crippen molar-refractivity contribution < 1.29 is 23.5 Å². The Morgan fingerprint density at radius 3 is 2.67 bits per heavy atom. The van der Waals surface area contributed by atoms with Gasteiger partial charge in [0.15, 0.2) is 10.9 Å². The Labute approximate surface area is 195 Å². The molecular formula is C25H23FN2O4S. The first-order chi connectivity index (χ1) is 15.9. The standard InChI is InChI=1S/C25H23FN2O4S/c1-16(29)28(22-8-3-2-7-21(22)26)25-27-20(15-33-25)14-32-24(31)12-11-23(30)19-10-9-17-5-4-6-18(17)13-19/h2-3,7-10,13,15H,4-6,11-12,14H2,1H3. The quantitative estimate of drug-likeness (QED) is 0.338. The summed E-state index contributed by atoms with van der Waals surface area (Å²) in [7, 11) is 0. The SMILES string of the molecule is CC(=O)N(c1nc(COC(=O)CCC(=O)c2ccc3c(c2)CCC3)cs1)c1ccccc1F. The summed E-state index contributed by atoms with van der Waals surface area (Å²) in [5.74, 6) is -1.51. The number of aryl methyl sites for hydroxylation is 2. The van der Waals surface area contributed by atoms with Gasteiger partial charge in [0.2, 0.25) is 5.91 Å². The van der Waals surface area contributed by atoms with Crippen molar-refractivity contribution in [3.05, 3.63) is 76.0 Å². The summed E-state index contributed by atoms with van der Waals surface area (Å²) in [6, 6.07) is 11.7. The number of anilines is 2. The number of nitrogens with zero attached hydrogens (tertiary/aromatic N) is 2. The Bertz CT molecular complexity index is 1210. The molecule has 0 atom stereocenters. The minimum atomic E-state index is -0.538. The van der Waals surface area contributed by atoms with Crippen molar-refractivity contribution >= 4 is 39.8 Å². The van der Waals surface area contributed by atoms with Crippen LogP contribution >= 0.6 is 11.3 Å². The molecule has 4 rings (SSSR count). The highest BCUT2D eigenvalue weighted by Gasteiger charge is 2.21. The van der Waals surface area contributed by atoms with E-state index in [1.54, 1.807) is 17.5 Å². The number of esters is 1. The van der Waals surface area contributed by atoms with E-state index in [4.69, 9.17) is 4.74 Å². The van der Waals surface area contributed by atoms with Gasteiger partial charge >= 0.3 is 5.97 Å². The van der Waals surface area contributed by atoms with Crippen LogP contribution in [0.4, 0.5) is 15.2 Å². The molecule has 3 aromatic rings. The number of ether oxygens (including phenoxy) is 1. The number of para-hydroxylation sites is 1. The van der Waals surface area contributed by atoms with Crippen LogP contribution in [0.2, 0.25) is 0 Å². The van der Waals surface area contributed by atoms with Crippen molar-refractivity contribution in [3.63, 3.8) is 0 Å². The lowest BCUT2D eigenvalue weighted by atomic mass is 10.0. The highest BCUT2D eigenvalue weighted by atomic mass is 32.1. The maximum Gasteiger partial charge on any atom is 0.306 e. The maximum absolute atomic E-state index is 14.2. The molecule has 2 aromatic carbocycles. The van der Waals surface area contributed by atoms with E-state index in [0.717, 1.165) is 30.6 Å². The summed E-state index contributed by atoms with van der Waals surface area (Å²) in [6.45, 7) is 1.23. The molecule has 0 bridgehead atoms. The van der Waals surface area contributed by atoms with Crippen LogP contribution in [0.25, 0.3) is 0 Å². The fourth-order valence-electron chi connectivity index (χ4n) is 3.84. The van der Waals surface area contributed by atoms with Gasteiger partial charge in [-0.25, -0.2) is 9.37 Å². The lowest BCUT2D eigenvalue weighted by Gasteiger charge is -2.18. The second kappa shape index (κ2) is 10.0. The van der Waals surface area contributed by atoms with E-state index in [-0.39, 0.29) is 42.0 Å². The molecule has 0 unspecified atom stereocenters. The van der Waals surface area contributed by atoms with Gasteiger partial charge in [-0.05, 0) is 48.6 Å². The van der Waals surface area contributed by atoms with E-state index in [2.05, 4.69) is 4.98 Å². The largest absolute Gasteiger partial charge is 0.459 e. The van der Waals surface area contributed by atoms with Gasteiger partial charge in [-0.1, -0.05) is 24.3 Å². The van der Waals surface area contributed by atoms with Crippen LogP contribution in [0.5, 0.6) is 0 Å². The van der Waals surface area contributed by atoms with Gasteiger partial charge in [-0.2, -0.15) is 0 Å². The number of benzene rings is 2. The van der Waals surface area contributed by atoms with E-state index in [1.165, 1.54) is 35.1 Å². The van der Waals surface area contributed by atoms with Crippen molar-refractivity contribution in [1.29, 1.82) is 0 Å². The summed E-state index contributed by atoms with van der Waals surface area (Å²) in [5, 5.41) is 1.93. The Kier molecular flexibility index (Phi) is 6.93. The second-order valence-electron chi connectivity index (χ2n) is 7.85. The van der Waals surface area contributed by atoms with Crippen molar-refractivity contribution in [3.8, 4) is 0 Å². The average Bonchev–Trinajstić information content (AvgIpc) is 3.46. The van der Waals surface area contributed by atoms with Gasteiger partial charge in [0.25, 0.3) is 0 Å². The Hall–Kier alpha value is -3.39. The number of fused-ring (bicyclic) bond motifs is 1. The van der Waals surface area contributed by atoms with Crippen molar-refractivity contribution in [2.24, 2.45) is 0 Å². The van der Waals surface area contributed by atoms with Crippen LogP contribution < -0.4 is 4.90 Å². The van der Waals surface area contributed by atoms with E-state index in [0.29, 0.717) is 11.3 Å². The Morgan fingerprint density at radius 1 is 1.09 bits per heavy atom. The molecule has 6 nitrogen and oxygen atoms in total. The summed E-state index contributed by atoms with van der Waals surface area (Å²) in [4.78, 5) is 42.2. The second-order valence-corrected chi connectivity index (χ2v) is 8.68. The van der Waals surface area contributed by atoms with Gasteiger partial charge in [0.05, 0.1) is 17.8 Å². The number of Topliss-reactive ketones (excluding diaryl/α,β-unsaturated/α-hetero) is 1. The predicted octanol–water partition coefficient (Wildman–Crippen LogP) is 5.16. The summed E-state index contributed by atoms with van der Waals surface area (Å²) < 4.78 is 19.4. The van der Waals surface area contributed by atoms with Crippen LogP contribution in [0.15, 0.2) is 47.8 Å². The Balaban J connectivity index is 1.31. The fraction of sp³-hybridized carbons (Fsp3) is 0.280. The number of thiazole rings is 1. The zero-order chi connectivity index (χ0) is 23.4. The van der Waals surface area contributed by atoms with E-state index in [9.17, 15) is 18.8 Å². The minimum absolute atomic E-state index is 0.0261. The molecule has 0 N–H and O–H groups in total. The van der Waals surface area contributed by atoms with E-state index >= 15 is 0 Å². The lowest BCUT2D eigenvalue weighted by Crippen LogP contribution is -2.23. The number of carbonyl (C=O) groups is 3. The number of amides is 1. The minimum Gasteiger partial charge on any atom is -0.459 e. The van der Waals surface area contributed by atoms with Crippen molar-refractivity contribution in [1.82, 2.24) is 4.98 Å². The van der Waals surface area contributed by atoms with Gasteiger partial charge in [-0.15, -0.1) is 11.3 Å². The molecule has 0 radical (unpaired) electrons. The molecule has 0 aliphatic heterocycles. The monoisotopic (exact) mass is 466 g/mol. The highest BCUT2D eigenvalue weighted by molar-refractivity contribution is 7.14. The third kappa shape index (κ3) is 5.34. The van der Waals surface area contributed by atoms with Crippen LogP contribution in [0, 0.1) is 5.82 Å². The maximum atomic E-state index is 14.2. The molecule has 0 fully saturated rings. The Morgan fingerprint density at radius 2 is 1.88 bits per heavy atom. The number of hydrogen-bond donors (Lipinski definition) is 0. The molecule has 0 saturated carbocycles. The zero-order valence-corrected chi connectivity index (χ0v) is 19.0. The lowest BCUT2D eigenvalue weighted by molar-refractivity contribution is -0.145. The zero-order valence-electron chi connectivity index (χ0n) is 18.2. The van der Waals surface area contributed by atoms with Gasteiger partial charge < -0.3 is 4.74 Å². The van der Waals surface area contributed by atoms with Crippen LogP contribution in [-0.2, 0) is 33.8 Å². The number of halogens is 1. The van der Waals surface area contributed by atoms with Crippen LogP contribution in [0.1, 0.15) is 53.4 Å². The van der Waals surface area contributed by atoms with Gasteiger partial charge in [-0.3, -0.25) is 19.3 Å². The molecule has 170 valence electrons. The first-order valence-corrected chi connectivity index (χ1v) is 11.6. The molecule has 33 heavy (non-hydrogen) atoms. The van der Waals surface area contributed by atoms with Gasteiger partial charge in [0, 0.05) is 24.3 Å². The average molecular weight is 467 g/mol. The molecule has 0 saturated heterocycles. The van der Waals surface area contributed by atoms with Crippen LogP contribution in [0.3, 0.4) is 0 Å². The summed E-state index contributed by atoms with van der Waals surface area (Å²) in [6.07, 6.45) is 3.21. The normalized spacial score (nSPS) is 12.3. The molecule has 1 amide bonds. The first-order valence-electron chi connectivity index (χ1n) is 10.7. The van der Waals surface area contributed by atoms with Crippen molar-refractivity contribution in [2.45, 2.75) is 45.6 Å². The molecule has 0 spiro atoms. The third-order valence-corrected chi connectivity index (χ3v) is 6.37. The van der Waals surface area contributed by atoms with Gasteiger partial charge in [0.1, 0.15) is 12.4 Å². The summed E-state index contributed by atoms with van der Waals surface area (Å²) >= 11 is 1.15. The smallest absolute Gasteiger partial charge is 0.306 e. The summed E-state index contributed by atoms with van der Waals surface area (Å²) in [5.41, 5.74) is 3.69. The molecule has 1 aliphatic carbocycles. The van der Waals surface area contributed by atoms with E-state index in [1.807, 2.05) is 18.2 Å². The first kappa shape index (κ1) is 22.8. The molecule has 1 heterocycles. The molecule has 1 aliphatic rings. The topological polar surface area (TPSA) is 76.6 Å². The highest BCUT2D eigenvalue weighted by Crippen LogP contribution is 2.31. The van der Waals surface area contributed by atoms with Crippen molar-refractivity contribution in [2.75, 3.05) is 4.90 Å². The number of carbonyl (C=O) groups excluding carboxylic acids is 3. The number of rotatable bonds is 8. The molecule has 1 aromatic heterocycles. The third-order valence-electron chi connectivity index (χ3n) is 5.50. The van der Waals surface area contributed by atoms with E-state index < -0.39 is 11.8 Å².